The molecular formula is C25H25N3O2. The van der Waals surface area contributed by atoms with E-state index >= 15 is 0 Å². The summed E-state index contributed by atoms with van der Waals surface area (Å²) in [6, 6.07) is 24.1. The molecule has 5 nitrogen and oxygen atoms in total. The number of hydrogen-bond acceptors (Lipinski definition) is 3. The van der Waals surface area contributed by atoms with E-state index in [2.05, 4.69) is 10.6 Å². The van der Waals surface area contributed by atoms with Crippen LogP contribution in [0.4, 0.5) is 11.4 Å². The first-order chi connectivity index (χ1) is 14.4. The molecular weight excluding hydrogens is 374 g/mol. The number of carbonyl (C=O) groups excluding carboxylic acids is 2. The minimum atomic E-state index is -0.390. The predicted octanol–water partition coefficient (Wildman–Crippen LogP) is 4.47. The maximum Gasteiger partial charge on any atom is 0.272 e. The molecule has 3 aromatic rings. The van der Waals surface area contributed by atoms with E-state index in [9.17, 15) is 9.59 Å². The van der Waals surface area contributed by atoms with Gasteiger partial charge in [-0.25, -0.2) is 0 Å². The van der Waals surface area contributed by atoms with Gasteiger partial charge in [-0.3, -0.25) is 9.59 Å². The SMILES string of the molecule is Cc1ccc(C(=O)NC(=Cc2ccc(N(C)C)cc2)C(=O)Nc2ccccc2)cc1. The van der Waals surface area contributed by atoms with Crippen molar-refractivity contribution in [3.05, 3.63) is 101 Å². The molecule has 0 saturated carbocycles. The molecule has 3 rings (SSSR count). The summed E-state index contributed by atoms with van der Waals surface area (Å²) >= 11 is 0. The van der Waals surface area contributed by atoms with Gasteiger partial charge >= 0.3 is 0 Å². The Labute approximate surface area is 177 Å². The van der Waals surface area contributed by atoms with Gasteiger partial charge in [-0.15, -0.1) is 0 Å². The predicted molar refractivity (Wildman–Crippen MR) is 122 cm³/mol. The highest BCUT2D eigenvalue weighted by Crippen LogP contribution is 2.16. The van der Waals surface area contributed by atoms with Crippen LogP contribution < -0.4 is 15.5 Å². The minimum Gasteiger partial charge on any atom is -0.378 e. The van der Waals surface area contributed by atoms with Crippen LogP contribution in [0.5, 0.6) is 0 Å². The van der Waals surface area contributed by atoms with Gasteiger partial charge in [0.15, 0.2) is 0 Å². The number of nitrogens with zero attached hydrogens (tertiary/aromatic N) is 1. The molecule has 0 aliphatic heterocycles. The maximum atomic E-state index is 12.9. The lowest BCUT2D eigenvalue weighted by atomic mass is 10.1. The molecule has 2 amide bonds. The highest BCUT2D eigenvalue weighted by molar-refractivity contribution is 6.10. The van der Waals surface area contributed by atoms with Crippen LogP contribution >= 0.6 is 0 Å². The van der Waals surface area contributed by atoms with E-state index in [0.717, 1.165) is 16.8 Å². The summed E-state index contributed by atoms with van der Waals surface area (Å²) in [4.78, 5) is 27.6. The summed E-state index contributed by atoms with van der Waals surface area (Å²) in [5.41, 5.74) is 4.23. The lowest BCUT2D eigenvalue weighted by Gasteiger charge is -2.13. The van der Waals surface area contributed by atoms with Crippen molar-refractivity contribution in [3.63, 3.8) is 0 Å². The fraction of sp³-hybridized carbons (Fsp3) is 0.120. The molecule has 0 fully saturated rings. The highest BCUT2D eigenvalue weighted by Gasteiger charge is 2.15. The van der Waals surface area contributed by atoms with E-state index in [0.29, 0.717) is 11.3 Å². The number of rotatable bonds is 6. The van der Waals surface area contributed by atoms with E-state index in [4.69, 9.17) is 0 Å². The van der Waals surface area contributed by atoms with Crippen molar-refractivity contribution in [3.8, 4) is 0 Å². The summed E-state index contributed by atoms with van der Waals surface area (Å²) in [6.07, 6.45) is 1.67. The van der Waals surface area contributed by atoms with Crippen molar-refractivity contribution in [2.24, 2.45) is 0 Å². The Morgan fingerprint density at radius 2 is 1.47 bits per heavy atom. The van der Waals surface area contributed by atoms with E-state index in [1.165, 1.54) is 0 Å². The molecule has 0 bridgehead atoms. The van der Waals surface area contributed by atoms with E-state index in [-0.39, 0.29) is 11.6 Å². The van der Waals surface area contributed by atoms with Gasteiger partial charge in [0.1, 0.15) is 5.70 Å². The molecule has 0 aliphatic rings. The van der Waals surface area contributed by atoms with Crippen LogP contribution in [-0.4, -0.2) is 25.9 Å². The number of amides is 2. The quantitative estimate of drug-likeness (QED) is 0.601. The van der Waals surface area contributed by atoms with Crippen molar-refractivity contribution < 1.29 is 9.59 Å². The summed E-state index contributed by atoms with van der Waals surface area (Å²) in [5, 5.41) is 5.59. The molecule has 152 valence electrons. The number of hydrogen-bond donors (Lipinski definition) is 2. The van der Waals surface area contributed by atoms with Gasteiger partial charge in [0.25, 0.3) is 11.8 Å². The topological polar surface area (TPSA) is 61.4 Å². The molecule has 0 heterocycles. The first-order valence-electron chi connectivity index (χ1n) is 9.66. The Balaban J connectivity index is 1.87. The maximum absolute atomic E-state index is 12.9. The smallest absolute Gasteiger partial charge is 0.272 e. The summed E-state index contributed by atoms with van der Waals surface area (Å²) in [7, 11) is 3.93. The van der Waals surface area contributed by atoms with Gasteiger partial charge in [0.2, 0.25) is 0 Å². The second kappa shape index (κ2) is 9.56. The zero-order chi connectivity index (χ0) is 21.5. The van der Waals surface area contributed by atoms with Crippen LogP contribution in [0.1, 0.15) is 21.5 Å². The molecule has 0 saturated heterocycles. The van der Waals surface area contributed by atoms with E-state index < -0.39 is 5.91 Å². The Hall–Kier alpha value is -3.86. The minimum absolute atomic E-state index is 0.169. The third-order valence-corrected chi connectivity index (χ3v) is 4.56. The molecule has 0 atom stereocenters. The number of nitrogens with one attached hydrogen (secondary N) is 2. The standard InChI is InChI=1S/C25H25N3O2/c1-18-9-13-20(14-10-18)24(29)27-23(25(30)26-21-7-5-4-6-8-21)17-19-11-15-22(16-12-19)28(2)3/h4-17H,1-3H3,(H,26,30)(H,27,29). The largest absolute Gasteiger partial charge is 0.378 e. The van der Waals surface area contributed by atoms with Gasteiger partial charge in [0, 0.05) is 31.0 Å². The molecule has 2 N–H and O–H groups in total. The molecule has 30 heavy (non-hydrogen) atoms. The van der Waals surface area contributed by atoms with Crippen LogP contribution in [0.15, 0.2) is 84.6 Å². The fourth-order valence-electron chi connectivity index (χ4n) is 2.81. The second-order valence-electron chi connectivity index (χ2n) is 7.18. The third-order valence-electron chi connectivity index (χ3n) is 4.56. The molecule has 0 aromatic heterocycles. The van der Waals surface area contributed by atoms with Crippen LogP contribution in [0.2, 0.25) is 0 Å². The summed E-state index contributed by atoms with van der Waals surface area (Å²) in [6.45, 7) is 1.96. The number of aryl methyl sites for hydroxylation is 1. The van der Waals surface area contributed by atoms with Crippen LogP contribution in [-0.2, 0) is 4.79 Å². The lowest BCUT2D eigenvalue weighted by Crippen LogP contribution is -2.30. The van der Waals surface area contributed by atoms with Crippen molar-refractivity contribution in [1.29, 1.82) is 0 Å². The molecule has 5 heteroatoms. The van der Waals surface area contributed by atoms with Crippen molar-refractivity contribution in [2.45, 2.75) is 6.92 Å². The van der Waals surface area contributed by atoms with Gasteiger partial charge in [-0.2, -0.15) is 0 Å². The molecule has 3 aromatic carbocycles. The van der Waals surface area contributed by atoms with Crippen LogP contribution in [0, 0.1) is 6.92 Å². The number of anilines is 2. The summed E-state index contributed by atoms with van der Waals surface area (Å²) < 4.78 is 0. The van der Waals surface area contributed by atoms with Gasteiger partial charge in [-0.1, -0.05) is 48.0 Å². The van der Waals surface area contributed by atoms with Gasteiger partial charge in [-0.05, 0) is 55.0 Å². The highest BCUT2D eigenvalue weighted by atomic mass is 16.2. The van der Waals surface area contributed by atoms with E-state index in [1.807, 2.05) is 80.5 Å². The third kappa shape index (κ3) is 5.58. The van der Waals surface area contributed by atoms with Gasteiger partial charge < -0.3 is 15.5 Å². The first kappa shape index (κ1) is 20.9. The molecule has 0 aliphatic carbocycles. The monoisotopic (exact) mass is 399 g/mol. The van der Waals surface area contributed by atoms with E-state index in [1.54, 1.807) is 30.3 Å². The average Bonchev–Trinajstić information content (AvgIpc) is 2.74. The Bertz CT molecular complexity index is 1040. The van der Waals surface area contributed by atoms with Crippen LogP contribution in [0.25, 0.3) is 6.08 Å². The Kier molecular flexibility index (Phi) is 6.65. The van der Waals surface area contributed by atoms with Gasteiger partial charge in [0.05, 0.1) is 0 Å². The molecule has 0 radical (unpaired) electrons. The normalized spacial score (nSPS) is 11.0. The molecule has 0 spiro atoms. The fourth-order valence-corrected chi connectivity index (χ4v) is 2.81. The Morgan fingerprint density at radius 3 is 2.07 bits per heavy atom. The van der Waals surface area contributed by atoms with Crippen LogP contribution in [0.3, 0.4) is 0 Å². The number of benzene rings is 3. The number of para-hydroxylation sites is 1. The van der Waals surface area contributed by atoms with Crippen molar-refractivity contribution in [1.82, 2.24) is 5.32 Å². The molecule has 0 unspecified atom stereocenters. The summed E-state index contributed by atoms with van der Waals surface area (Å²) in [5.74, 6) is -0.729. The number of carbonyl (C=O) groups is 2. The Morgan fingerprint density at radius 1 is 0.833 bits per heavy atom. The zero-order valence-electron chi connectivity index (χ0n) is 17.3. The lowest BCUT2D eigenvalue weighted by molar-refractivity contribution is -0.113. The van der Waals surface area contributed by atoms with Crippen molar-refractivity contribution >= 4 is 29.3 Å². The van der Waals surface area contributed by atoms with Crippen molar-refractivity contribution in [2.75, 3.05) is 24.3 Å². The zero-order valence-corrected chi connectivity index (χ0v) is 17.3. The second-order valence-corrected chi connectivity index (χ2v) is 7.18. The first-order valence-corrected chi connectivity index (χ1v) is 9.66. The average molecular weight is 399 g/mol.